The highest BCUT2D eigenvalue weighted by Crippen LogP contribution is 2.38. The molecule has 2 aromatic rings. The summed E-state index contributed by atoms with van der Waals surface area (Å²) < 4.78 is 0. The van der Waals surface area contributed by atoms with Crippen LogP contribution in [0.5, 0.6) is 5.75 Å². The van der Waals surface area contributed by atoms with Crippen molar-refractivity contribution in [1.82, 2.24) is 0 Å². The Kier molecular flexibility index (Phi) is 4.59. The Bertz CT molecular complexity index is 743. The molecule has 0 aliphatic carbocycles. The lowest BCUT2D eigenvalue weighted by Gasteiger charge is -2.11. The summed E-state index contributed by atoms with van der Waals surface area (Å²) in [5.74, 6) is -1.14. The van der Waals surface area contributed by atoms with E-state index in [9.17, 15) is 9.90 Å². The molecule has 106 valence electrons. The maximum absolute atomic E-state index is 12.2. The fraction of sp³-hybridized carbons (Fsp3) is 0. The van der Waals surface area contributed by atoms with Crippen LogP contribution in [0.4, 0.5) is 5.69 Å². The summed E-state index contributed by atoms with van der Waals surface area (Å²) in [5, 5.41) is 21.1. The van der Waals surface area contributed by atoms with Crippen LogP contribution in [0.15, 0.2) is 30.3 Å². The Balaban J connectivity index is 2.39. The van der Waals surface area contributed by atoms with E-state index in [4.69, 9.17) is 40.1 Å². The van der Waals surface area contributed by atoms with E-state index in [0.717, 1.165) is 0 Å². The van der Waals surface area contributed by atoms with Gasteiger partial charge in [0.1, 0.15) is 11.3 Å². The average molecular weight is 342 g/mol. The normalized spacial score (nSPS) is 10.0. The van der Waals surface area contributed by atoms with E-state index in [-0.39, 0.29) is 20.6 Å². The summed E-state index contributed by atoms with van der Waals surface area (Å²) in [6.07, 6.45) is 0. The average Bonchev–Trinajstić information content (AvgIpc) is 2.45. The second-order valence-corrected chi connectivity index (χ2v) is 5.22. The third-order valence-electron chi connectivity index (χ3n) is 2.62. The lowest BCUT2D eigenvalue weighted by atomic mass is 10.1. The van der Waals surface area contributed by atoms with Gasteiger partial charge in [0.05, 0.1) is 26.7 Å². The first-order valence-electron chi connectivity index (χ1n) is 5.62. The number of aromatic hydroxyl groups is 1. The first-order valence-corrected chi connectivity index (χ1v) is 6.75. The Hall–Kier alpha value is -1.93. The van der Waals surface area contributed by atoms with Crippen LogP contribution in [0.1, 0.15) is 15.9 Å². The Morgan fingerprint density at radius 3 is 2.57 bits per heavy atom. The number of nitriles is 1. The Labute approximate surface area is 135 Å². The van der Waals surface area contributed by atoms with Gasteiger partial charge in [-0.3, -0.25) is 4.79 Å². The molecule has 7 heteroatoms. The number of hydrogen-bond donors (Lipinski definition) is 2. The molecule has 2 N–H and O–H groups in total. The van der Waals surface area contributed by atoms with E-state index in [1.807, 2.05) is 6.07 Å². The van der Waals surface area contributed by atoms with E-state index in [1.54, 1.807) is 18.2 Å². The monoisotopic (exact) mass is 340 g/mol. The van der Waals surface area contributed by atoms with Crippen LogP contribution in [0.25, 0.3) is 0 Å². The van der Waals surface area contributed by atoms with E-state index < -0.39 is 11.7 Å². The van der Waals surface area contributed by atoms with Crippen molar-refractivity contribution in [2.24, 2.45) is 0 Å². The molecule has 0 aliphatic rings. The van der Waals surface area contributed by atoms with Crippen LogP contribution in [0.2, 0.25) is 15.1 Å². The molecule has 1 amide bonds. The van der Waals surface area contributed by atoms with Crippen LogP contribution < -0.4 is 5.32 Å². The molecule has 0 aromatic heterocycles. The highest BCUT2D eigenvalue weighted by Gasteiger charge is 2.21. The van der Waals surface area contributed by atoms with Crippen molar-refractivity contribution >= 4 is 46.4 Å². The lowest BCUT2D eigenvalue weighted by molar-refractivity contribution is 0.102. The molecule has 0 bridgehead atoms. The predicted molar refractivity (Wildman–Crippen MR) is 82.2 cm³/mol. The van der Waals surface area contributed by atoms with Gasteiger partial charge in [-0.15, -0.1) is 0 Å². The second-order valence-electron chi connectivity index (χ2n) is 4.02. The molecule has 0 unspecified atom stereocenters. The Morgan fingerprint density at radius 2 is 1.90 bits per heavy atom. The molecule has 0 heterocycles. The molecule has 0 saturated carbocycles. The number of benzene rings is 2. The van der Waals surface area contributed by atoms with E-state index in [0.29, 0.717) is 11.3 Å². The van der Waals surface area contributed by atoms with Crippen LogP contribution in [0, 0.1) is 11.3 Å². The molecule has 0 spiro atoms. The largest absolute Gasteiger partial charge is 0.505 e. The summed E-state index contributed by atoms with van der Waals surface area (Å²) in [4.78, 5) is 12.2. The van der Waals surface area contributed by atoms with Crippen LogP contribution in [0.3, 0.4) is 0 Å². The van der Waals surface area contributed by atoms with Crippen molar-refractivity contribution in [3.05, 3.63) is 56.5 Å². The molecule has 21 heavy (non-hydrogen) atoms. The number of carbonyl (C=O) groups excluding carboxylic acids is 1. The first kappa shape index (κ1) is 15.5. The summed E-state index contributed by atoms with van der Waals surface area (Å²) in [7, 11) is 0. The first-order chi connectivity index (χ1) is 9.93. The number of phenolic OH excluding ortho intramolecular Hbond substituents is 1. The van der Waals surface area contributed by atoms with Gasteiger partial charge < -0.3 is 10.4 Å². The molecule has 0 fully saturated rings. The van der Waals surface area contributed by atoms with Crippen LogP contribution in [-0.2, 0) is 0 Å². The summed E-state index contributed by atoms with van der Waals surface area (Å²) in [6, 6.07) is 9.48. The molecule has 4 nitrogen and oxygen atoms in total. The number of hydrogen-bond acceptors (Lipinski definition) is 3. The van der Waals surface area contributed by atoms with E-state index >= 15 is 0 Å². The number of phenols is 1. The zero-order chi connectivity index (χ0) is 15.6. The molecule has 2 aromatic carbocycles. The number of amides is 1. The fourth-order valence-electron chi connectivity index (χ4n) is 1.65. The topological polar surface area (TPSA) is 73.1 Å². The van der Waals surface area contributed by atoms with Gasteiger partial charge >= 0.3 is 0 Å². The highest BCUT2D eigenvalue weighted by molar-refractivity contribution is 6.46. The van der Waals surface area contributed by atoms with Gasteiger partial charge in [0.15, 0.2) is 0 Å². The molecule has 0 saturated heterocycles. The maximum Gasteiger partial charge on any atom is 0.261 e. The smallest absolute Gasteiger partial charge is 0.261 e. The standard InChI is InChI=1S/C14H7Cl3N2O2/c15-9-5-10(16)13(20)11(12(9)17)14(21)19-8-3-1-2-7(4-8)6-18/h1-5,20H,(H,19,21). The SMILES string of the molecule is N#Cc1cccc(NC(=O)c2c(O)c(Cl)cc(Cl)c2Cl)c1. The number of rotatable bonds is 2. The van der Waals surface area contributed by atoms with Crippen molar-refractivity contribution in [2.75, 3.05) is 5.32 Å². The molecule has 0 radical (unpaired) electrons. The molecule has 0 atom stereocenters. The van der Waals surface area contributed by atoms with Gasteiger partial charge in [-0.05, 0) is 24.3 Å². The van der Waals surface area contributed by atoms with E-state index in [1.165, 1.54) is 12.1 Å². The zero-order valence-corrected chi connectivity index (χ0v) is 12.6. The van der Waals surface area contributed by atoms with Gasteiger partial charge in [-0.1, -0.05) is 40.9 Å². The minimum Gasteiger partial charge on any atom is -0.505 e. The number of carbonyl (C=O) groups is 1. The highest BCUT2D eigenvalue weighted by atomic mass is 35.5. The number of anilines is 1. The van der Waals surface area contributed by atoms with Crippen molar-refractivity contribution in [1.29, 1.82) is 5.26 Å². The quantitative estimate of drug-likeness (QED) is 0.791. The summed E-state index contributed by atoms with van der Waals surface area (Å²) >= 11 is 17.5. The number of halogens is 3. The van der Waals surface area contributed by atoms with Gasteiger partial charge in [0.2, 0.25) is 0 Å². The van der Waals surface area contributed by atoms with Crippen LogP contribution >= 0.6 is 34.8 Å². The third-order valence-corrected chi connectivity index (χ3v) is 3.70. The second kappa shape index (κ2) is 6.23. The molecule has 2 rings (SSSR count). The van der Waals surface area contributed by atoms with Crippen molar-refractivity contribution in [2.45, 2.75) is 0 Å². The zero-order valence-electron chi connectivity index (χ0n) is 10.3. The predicted octanol–water partition coefficient (Wildman–Crippen LogP) is 4.48. The minimum atomic E-state index is -0.683. The lowest BCUT2D eigenvalue weighted by Crippen LogP contribution is -2.13. The third kappa shape index (κ3) is 3.22. The van der Waals surface area contributed by atoms with Crippen LogP contribution in [-0.4, -0.2) is 11.0 Å². The van der Waals surface area contributed by atoms with Gasteiger partial charge in [0, 0.05) is 5.69 Å². The van der Waals surface area contributed by atoms with Crippen molar-refractivity contribution < 1.29 is 9.90 Å². The molecular weight excluding hydrogens is 335 g/mol. The Morgan fingerprint density at radius 1 is 1.19 bits per heavy atom. The van der Waals surface area contributed by atoms with Crippen molar-refractivity contribution in [3.63, 3.8) is 0 Å². The van der Waals surface area contributed by atoms with E-state index in [2.05, 4.69) is 5.32 Å². The summed E-state index contributed by atoms with van der Waals surface area (Å²) in [6.45, 7) is 0. The number of nitrogens with one attached hydrogen (secondary N) is 1. The van der Waals surface area contributed by atoms with Crippen molar-refractivity contribution in [3.8, 4) is 11.8 Å². The maximum atomic E-state index is 12.2. The fourth-order valence-corrected chi connectivity index (χ4v) is 2.35. The molecule has 0 aliphatic heterocycles. The van der Waals surface area contributed by atoms with Gasteiger partial charge in [-0.25, -0.2) is 0 Å². The number of nitrogens with zero attached hydrogens (tertiary/aromatic N) is 1. The van der Waals surface area contributed by atoms with Gasteiger partial charge in [0.25, 0.3) is 5.91 Å². The minimum absolute atomic E-state index is 0.0513. The van der Waals surface area contributed by atoms with Gasteiger partial charge in [-0.2, -0.15) is 5.26 Å². The summed E-state index contributed by atoms with van der Waals surface area (Å²) in [5.41, 5.74) is 0.536. The molecular formula is C14H7Cl3N2O2.